The van der Waals surface area contributed by atoms with Gasteiger partial charge in [0.1, 0.15) is 11.9 Å². The largest absolute Gasteiger partial charge is 0.386 e. The number of amides is 1. The summed E-state index contributed by atoms with van der Waals surface area (Å²) in [5.41, 5.74) is 0.00918. The van der Waals surface area contributed by atoms with Crippen LogP contribution < -0.4 is 5.32 Å². The zero-order valence-electron chi connectivity index (χ0n) is 13.4. The summed E-state index contributed by atoms with van der Waals surface area (Å²) in [6, 6.07) is 3.58. The molecule has 2 N–H and O–H groups in total. The summed E-state index contributed by atoms with van der Waals surface area (Å²) in [6.07, 6.45) is 2.14. The van der Waals surface area contributed by atoms with Gasteiger partial charge in [-0.05, 0) is 45.2 Å². The van der Waals surface area contributed by atoms with Gasteiger partial charge in [-0.15, -0.1) is 0 Å². The predicted molar refractivity (Wildman–Crippen MR) is 86.8 cm³/mol. The maximum absolute atomic E-state index is 13.8. The second kappa shape index (κ2) is 8.08. The van der Waals surface area contributed by atoms with Crippen LogP contribution in [0.1, 0.15) is 51.2 Å². The zero-order valence-corrected chi connectivity index (χ0v) is 14.1. The Hall–Kier alpha value is -1.17. The lowest BCUT2D eigenvalue weighted by Crippen LogP contribution is -2.37. The van der Waals surface area contributed by atoms with Crippen LogP contribution in [0.4, 0.5) is 4.39 Å². The van der Waals surface area contributed by atoms with E-state index in [4.69, 9.17) is 16.3 Å². The number of aliphatic hydroxyl groups is 1. The molecule has 0 aliphatic carbocycles. The van der Waals surface area contributed by atoms with Crippen molar-refractivity contribution in [2.75, 3.05) is 0 Å². The minimum absolute atomic E-state index is 0.00918. The maximum atomic E-state index is 13.8. The van der Waals surface area contributed by atoms with E-state index in [1.807, 2.05) is 6.92 Å². The van der Waals surface area contributed by atoms with Crippen molar-refractivity contribution in [2.24, 2.45) is 0 Å². The van der Waals surface area contributed by atoms with Crippen molar-refractivity contribution >= 4 is 17.5 Å². The average molecular weight is 344 g/mol. The molecule has 1 heterocycles. The first-order valence-corrected chi connectivity index (χ1v) is 8.33. The number of halogens is 2. The van der Waals surface area contributed by atoms with Gasteiger partial charge in [0, 0.05) is 17.0 Å². The van der Waals surface area contributed by atoms with Crippen LogP contribution in [0.15, 0.2) is 18.2 Å². The molecule has 0 aromatic heterocycles. The molecule has 2 rings (SSSR count). The number of ether oxygens (including phenoxy) is 1. The normalized spacial score (nSPS) is 23.5. The third-order valence-electron chi connectivity index (χ3n) is 4.17. The Morgan fingerprint density at radius 2 is 2.26 bits per heavy atom. The number of benzene rings is 1. The molecule has 6 heteroatoms. The Morgan fingerprint density at radius 1 is 1.52 bits per heavy atom. The molecule has 128 valence electrons. The van der Waals surface area contributed by atoms with E-state index in [2.05, 4.69) is 5.32 Å². The predicted octanol–water partition coefficient (Wildman–Crippen LogP) is 3.36. The van der Waals surface area contributed by atoms with Gasteiger partial charge in [-0.3, -0.25) is 4.79 Å². The Bertz CT molecular complexity index is 534. The molecule has 0 unspecified atom stereocenters. The summed E-state index contributed by atoms with van der Waals surface area (Å²) in [4.78, 5) is 12.0. The van der Waals surface area contributed by atoms with Gasteiger partial charge in [0.25, 0.3) is 0 Å². The van der Waals surface area contributed by atoms with Crippen LogP contribution in [0.5, 0.6) is 0 Å². The summed E-state index contributed by atoms with van der Waals surface area (Å²) in [5.74, 6) is -0.772. The van der Waals surface area contributed by atoms with Gasteiger partial charge < -0.3 is 15.2 Å². The Labute approximate surface area is 141 Å². The number of hydrogen-bond acceptors (Lipinski definition) is 3. The monoisotopic (exact) mass is 343 g/mol. The molecule has 23 heavy (non-hydrogen) atoms. The van der Waals surface area contributed by atoms with Crippen LogP contribution in [-0.4, -0.2) is 29.3 Å². The summed E-state index contributed by atoms with van der Waals surface area (Å²) in [6.45, 7) is 3.65. The zero-order chi connectivity index (χ0) is 17.0. The van der Waals surface area contributed by atoms with Crippen molar-refractivity contribution in [3.63, 3.8) is 0 Å². The molecule has 4 atom stereocenters. The fraction of sp³-hybridized carbons (Fsp3) is 0.588. The van der Waals surface area contributed by atoms with E-state index in [-0.39, 0.29) is 28.7 Å². The van der Waals surface area contributed by atoms with Crippen LogP contribution in [0.3, 0.4) is 0 Å². The molecule has 1 aliphatic heterocycles. The topological polar surface area (TPSA) is 58.6 Å². The van der Waals surface area contributed by atoms with Gasteiger partial charge in [-0.25, -0.2) is 4.39 Å². The van der Waals surface area contributed by atoms with Gasteiger partial charge in [0.15, 0.2) is 0 Å². The first-order chi connectivity index (χ1) is 10.9. The quantitative estimate of drug-likeness (QED) is 0.832. The highest BCUT2D eigenvalue weighted by Crippen LogP contribution is 2.28. The van der Waals surface area contributed by atoms with Crippen LogP contribution >= 0.6 is 11.6 Å². The molecule has 1 saturated heterocycles. The number of hydrogen-bond donors (Lipinski definition) is 2. The second-order valence-electron chi connectivity index (χ2n) is 6.12. The van der Waals surface area contributed by atoms with E-state index >= 15 is 0 Å². The van der Waals surface area contributed by atoms with Crippen molar-refractivity contribution in [1.29, 1.82) is 0 Å². The molecule has 1 aromatic carbocycles. The fourth-order valence-corrected chi connectivity index (χ4v) is 3.11. The third-order valence-corrected chi connectivity index (χ3v) is 4.50. The van der Waals surface area contributed by atoms with Crippen LogP contribution in [0, 0.1) is 5.82 Å². The Kier molecular flexibility index (Phi) is 6.39. The minimum atomic E-state index is -1.20. The van der Waals surface area contributed by atoms with Gasteiger partial charge in [-0.1, -0.05) is 17.7 Å². The van der Waals surface area contributed by atoms with Crippen molar-refractivity contribution in [1.82, 2.24) is 5.32 Å². The van der Waals surface area contributed by atoms with Gasteiger partial charge in [0.2, 0.25) is 5.91 Å². The molecule has 1 aliphatic rings. The number of nitrogens with one attached hydrogen (secondary N) is 1. The van der Waals surface area contributed by atoms with Crippen LogP contribution in [-0.2, 0) is 9.53 Å². The molecule has 0 saturated carbocycles. The lowest BCUT2D eigenvalue weighted by Gasteiger charge is -2.22. The van der Waals surface area contributed by atoms with E-state index < -0.39 is 18.0 Å². The standard InChI is InChI=1S/C17H23ClFNO3/c1-10-6-7-12(23-10)8-9-15(21)20-11(2)17(22)16-13(18)4-3-5-14(16)19/h3-5,10-12,17,22H,6-9H2,1-2H3,(H,20,21)/t10-,11+,12-,17-/m1/s1. The molecule has 0 bridgehead atoms. The van der Waals surface area contributed by atoms with E-state index in [9.17, 15) is 14.3 Å². The number of carbonyl (C=O) groups excluding carboxylic acids is 1. The first-order valence-electron chi connectivity index (χ1n) is 7.95. The lowest BCUT2D eigenvalue weighted by atomic mass is 10.0. The Balaban J connectivity index is 1.85. The highest BCUT2D eigenvalue weighted by atomic mass is 35.5. The fourth-order valence-electron chi connectivity index (χ4n) is 2.84. The smallest absolute Gasteiger partial charge is 0.220 e. The first kappa shape index (κ1) is 18.2. The molecular weight excluding hydrogens is 321 g/mol. The highest BCUT2D eigenvalue weighted by Gasteiger charge is 2.25. The molecule has 0 spiro atoms. The molecule has 4 nitrogen and oxygen atoms in total. The molecule has 1 amide bonds. The molecule has 1 fully saturated rings. The SMILES string of the molecule is C[C@@H]1CC[C@H](CCC(=O)N[C@@H](C)[C@@H](O)c2c(F)cccc2Cl)O1. The number of carbonyl (C=O) groups is 1. The number of rotatable bonds is 6. The van der Waals surface area contributed by atoms with Gasteiger partial charge >= 0.3 is 0 Å². The molecular formula is C17H23ClFNO3. The Morgan fingerprint density at radius 3 is 2.87 bits per heavy atom. The van der Waals surface area contributed by atoms with Crippen molar-refractivity contribution in [2.45, 2.75) is 63.9 Å². The molecule has 1 aromatic rings. The summed E-state index contributed by atoms with van der Waals surface area (Å²) >= 11 is 5.94. The third kappa shape index (κ3) is 4.90. The summed E-state index contributed by atoms with van der Waals surface area (Å²) in [7, 11) is 0. The lowest BCUT2D eigenvalue weighted by molar-refractivity contribution is -0.123. The highest BCUT2D eigenvalue weighted by molar-refractivity contribution is 6.31. The van der Waals surface area contributed by atoms with Crippen LogP contribution in [0.2, 0.25) is 5.02 Å². The second-order valence-corrected chi connectivity index (χ2v) is 6.53. The van der Waals surface area contributed by atoms with E-state index in [1.54, 1.807) is 6.92 Å². The van der Waals surface area contributed by atoms with Crippen molar-refractivity contribution in [3.8, 4) is 0 Å². The minimum Gasteiger partial charge on any atom is -0.386 e. The van der Waals surface area contributed by atoms with E-state index in [0.29, 0.717) is 12.8 Å². The van der Waals surface area contributed by atoms with Crippen LogP contribution in [0.25, 0.3) is 0 Å². The average Bonchev–Trinajstić information content (AvgIpc) is 2.90. The van der Waals surface area contributed by atoms with Crippen molar-refractivity contribution < 1.29 is 19.0 Å². The van der Waals surface area contributed by atoms with E-state index in [1.165, 1.54) is 18.2 Å². The number of aliphatic hydroxyl groups excluding tert-OH is 1. The van der Waals surface area contributed by atoms with Gasteiger partial charge in [0.05, 0.1) is 18.2 Å². The molecule has 0 radical (unpaired) electrons. The summed E-state index contributed by atoms with van der Waals surface area (Å²) in [5, 5.41) is 13.1. The maximum Gasteiger partial charge on any atom is 0.220 e. The summed E-state index contributed by atoms with van der Waals surface area (Å²) < 4.78 is 19.5. The van der Waals surface area contributed by atoms with Crippen molar-refractivity contribution in [3.05, 3.63) is 34.6 Å². The van der Waals surface area contributed by atoms with Gasteiger partial charge in [-0.2, -0.15) is 0 Å². The van der Waals surface area contributed by atoms with E-state index in [0.717, 1.165) is 12.8 Å².